The second kappa shape index (κ2) is 9.99. The second-order valence-electron chi connectivity index (χ2n) is 7.59. The molecule has 3 rings (SSSR count). The Morgan fingerprint density at radius 1 is 1.00 bits per heavy atom. The lowest BCUT2D eigenvalue weighted by Gasteiger charge is -2.38. The van der Waals surface area contributed by atoms with Crippen molar-refractivity contribution >= 4 is 33.5 Å². The highest BCUT2D eigenvalue weighted by Crippen LogP contribution is 2.29. The number of hydrogen-bond donors (Lipinski definition) is 0. The summed E-state index contributed by atoms with van der Waals surface area (Å²) in [6, 6.07) is 12.4. The number of ether oxygens (including phenoxy) is 1. The van der Waals surface area contributed by atoms with Crippen molar-refractivity contribution in [3.05, 3.63) is 64.7 Å². The van der Waals surface area contributed by atoms with Crippen LogP contribution >= 0.6 is 11.6 Å². The fourth-order valence-electron chi connectivity index (χ4n) is 3.63. The Hall–Kier alpha value is -2.46. The number of halogens is 1. The van der Waals surface area contributed by atoms with Gasteiger partial charge < -0.3 is 9.64 Å². The van der Waals surface area contributed by atoms with Gasteiger partial charge in [-0.3, -0.25) is 9.69 Å². The molecule has 0 saturated carbocycles. The van der Waals surface area contributed by atoms with Crippen molar-refractivity contribution < 1.29 is 22.7 Å². The van der Waals surface area contributed by atoms with Crippen molar-refractivity contribution in [1.82, 2.24) is 14.1 Å². The summed E-state index contributed by atoms with van der Waals surface area (Å²) >= 11 is 6.32. The van der Waals surface area contributed by atoms with Crippen molar-refractivity contribution in [2.45, 2.75) is 10.9 Å². The number of methoxy groups -OCH3 is 1. The molecular weight excluding hydrogens is 454 g/mol. The molecule has 1 fully saturated rings. The maximum atomic E-state index is 12.9. The predicted octanol–water partition coefficient (Wildman–Crippen LogP) is 2.26. The molecule has 1 unspecified atom stereocenters. The van der Waals surface area contributed by atoms with Gasteiger partial charge in [0.25, 0.3) is 5.91 Å². The van der Waals surface area contributed by atoms with Crippen LogP contribution in [0, 0.1) is 0 Å². The van der Waals surface area contributed by atoms with E-state index >= 15 is 0 Å². The maximum Gasteiger partial charge on any atom is 0.327 e. The zero-order valence-corrected chi connectivity index (χ0v) is 19.8. The molecular formula is C22H26ClN3O5S. The molecule has 2 aromatic carbocycles. The molecule has 0 aliphatic carbocycles. The third kappa shape index (κ3) is 4.96. The van der Waals surface area contributed by atoms with Gasteiger partial charge in [-0.1, -0.05) is 29.8 Å². The van der Waals surface area contributed by atoms with Gasteiger partial charge >= 0.3 is 5.97 Å². The number of amides is 1. The van der Waals surface area contributed by atoms with Crippen molar-refractivity contribution in [1.29, 1.82) is 0 Å². The fourth-order valence-corrected chi connectivity index (χ4v) is 4.77. The number of piperazine rings is 1. The van der Waals surface area contributed by atoms with Crippen LogP contribution in [0.15, 0.2) is 53.4 Å². The van der Waals surface area contributed by atoms with Crippen LogP contribution in [-0.4, -0.2) is 81.8 Å². The molecule has 1 amide bonds. The van der Waals surface area contributed by atoms with Gasteiger partial charge in [-0.25, -0.2) is 17.5 Å². The van der Waals surface area contributed by atoms with Gasteiger partial charge in [0.1, 0.15) is 6.04 Å². The average molecular weight is 480 g/mol. The molecule has 0 aromatic heterocycles. The lowest BCUT2D eigenvalue weighted by molar-refractivity contribution is -0.148. The van der Waals surface area contributed by atoms with E-state index in [1.165, 1.54) is 45.5 Å². The summed E-state index contributed by atoms with van der Waals surface area (Å²) in [5.41, 5.74) is 1.07. The van der Waals surface area contributed by atoms with E-state index in [2.05, 4.69) is 0 Å². The summed E-state index contributed by atoms with van der Waals surface area (Å²) in [7, 11) is 0.698. The normalized spacial score (nSPS) is 16.1. The largest absolute Gasteiger partial charge is 0.468 e. The molecule has 2 aromatic rings. The Balaban J connectivity index is 1.71. The van der Waals surface area contributed by atoms with Gasteiger partial charge in [0.05, 0.1) is 12.0 Å². The van der Waals surface area contributed by atoms with Crippen LogP contribution in [0.1, 0.15) is 22.0 Å². The predicted molar refractivity (Wildman–Crippen MR) is 121 cm³/mol. The minimum Gasteiger partial charge on any atom is -0.468 e. The van der Waals surface area contributed by atoms with Crippen LogP contribution in [0.3, 0.4) is 0 Å². The average Bonchev–Trinajstić information content (AvgIpc) is 2.80. The summed E-state index contributed by atoms with van der Waals surface area (Å²) in [5.74, 6) is -0.596. The van der Waals surface area contributed by atoms with E-state index in [9.17, 15) is 18.0 Å². The molecule has 1 saturated heterocycles. The Morgan fingerprint density at radius 3 is 2.12 bits per heavy atom. The third-order valence-electron chi connectivity index (χ3n) is 5.47. The lowest BCUT2D eigenvalue weighted by Crippen LogP contribution is -2.51. The number of rotatable bonds is 6. The van der Waals surface area contributed by atoms with E-state index in [-0.39, 0.29) is 10.8 Å². The van der Waals surface area contributed by atoms with E-state index in [4.69, 9.17) is 16.3 Å². The zero-order chi connectivity index (χ0) is 23.5. The highest BCUT2D eigenvalue weighted by atomic mass is 35.5. The Kier molecular flexibility index (Phi) is 7.55. The number of hydrogen-bond acceptors (Lipinski definition) is 6. The van der Waals surface area contributed by atoms with Crippen molar-refractivity contribution in [2.24, 2.45) is 0 Å². The molecule has 8 nitrogen and oxygen atoms in total. The quantitative estimate of drug-likeness (QED) is 0.591. The molecule has 0 radical (unpaired) electrons. The van der Waals surface area contributed by atoms with Gasteiger partial charge in [0, 0.05) is 50.9 Å². The molecule has 10 heteroatoms. The molecule has 0 N–H and O–H groups in total. The molecule has 0 bridgehead atoms. The Morgan fingerprint density at radius 2 is 1.59 bits per heavy atom. The molecule has 172 valence electrons. The van der Waals surface area contributed by atoms with Crippen molar-refractivity contribution in [3.63, 3.8) is 0 Å². The first-order valence-electron chi connectivity index (χ1n) is 10.0. The standard InChI is InChI=1S/C22H26ClN3O5S/c1-24(2)32(29,30)17-10-8-16(9-11-17)21(27)26-14-12-25(13-15-26)20(22(28)31-3)18-6-4-5-7-19(18)23/h4-11,20H,12-15H2,1-3H3. The van der Waals surface area contributed by atoms with Gasteiger partial charge in [-0.15, -0.1) is 0 Å². The van der Waals surface area contributed by atoms with Gasteiger partial charge in [0.2, 0.25) is 10.0 Å². The van der Waals surface area contributed by atoms with E-state index in [0.717, 1.165) is 4.31 Å². The minimum atomic E-state index is -3.55. The van der Waals surface area contributed by atoms with Crippen LogP contribution in [0.25, 0.3) is 0 Å². The SMILES string of the molecule is COC(=O)C(c1ccccc1Cl)N1CCN(C(=O)c2ccc(S(=O)(=O)N(C)C)cc2)CC1. The topological polar surface area (TPSA) is 87.2 Å². The minimum absolute atomic E-state index is 0.129. The van der Waals surface area contributed by atoms with Crippen LogP contribution < -0.4 is 0 Å². The monoisotopic (exact) mass is 479 g/mol. The number of esters is 1. The van der Waals surface area contributed by atoms with Crippen molar-refractivity contribution in [2.75, 3.05) is 47.4 Å². The third-order valence-corrected chi connectivity index (χ3v) is 7.64. The van der Waals surface area contributed by atoms with Crippen LogP contribution in [0.2, 0.25) is 5.02 Å². The second-order valence-corrected chi connectivity index (χ2v) is 10.1. The van der Waals surface area contributed by atoms with E-state index < -0.39 is 22.0 Å². The fraction of sp³-hybridized carbons (Fsp3) is 0.364. The Labute approximate surface area is 193 Å². The zero-order valence-electron chi connectivity index (χ0n) is 18.2. The van der Waals surface area contributed by atoms with Gasteiger partial charge in [-0.05, 0) is 35.9 Å². The molecule has 1 aliphatic heterocycles. The van der Waals surface area contributed by atoms with E-state index in [1.54, 1.807) is 23.1 Å². The first-order chi connectivity index (χ1) is 15.2. The molecule has 32 heavy (non-hydrogen) atoms. The number of nitrogens with zero attached hydrogens (tertiary/aromatic N) is 3. The first kappa shape index (κ1) is 24.2. The smallest absolute Gasteiger partial charge is 0.327 e. The molecule has 1 heterocycles. The van der Waals surface area contributed by atoms with E-state index in [1.807, 2.05) is 11.0 Å². The molecule has 1 atom stereocenters. The van der Waals surface area contributed by atoms with Crippen LogP contribution in [0.5, 0.6) is 0 Å². The van der Waals surface area contributed by atoms with Crippen LogP contribution in [-0.2, 0) is 19.6 Å². The number of benzene rings is 2. The van der Waals surface area contributed by atoms with E-state index in [0.29, 0.717) is 42.3 Å². The summed E-state index contributed by atoms with van der Waals surface area (Å²) < 4.78 is 30.6. The van der Waals surface area contributed by atoms with Crippen molar-refractivity contribution in [3.8, 4) is 0 Å². The number of carbonyl (C=O) groups is 2. The highest BCUT2D eigenvalue weighted by Gasteiger charge is 2.33. The maximum absolute atomic E-state index is 12.9. The molecule has 1 aliphatic rings. The highest BCUT2D eigenvalue weighted by molar-refractivity contribution is 7.89. The summed E-state index contributed by atoms with van der Waals surface area (Å²) in [4.78, 5) is 29.2. The summed E-state index contributed by atoms with van der Waals surface area (Å²) in [5, 5.41) is 0.481. The number of carbonyl (C=O) groups excluding carboxylic acids is 2. The molecule has 0 spiro atoms. The van der Waals surface area contributed by atoms with Gasteiger partial charge in [0.15, 0.2) is 0 Å². The number of sulfonamides is 1. The first-order valence-corrected chi connectivity index (χ1v) is 11.9. The lowest BCUT2D eigenvalue weighted by atomic mass is 10.0. The van der Waals surface area contributed by atoms with Gasteiger partial charge in [-0.2, -0.15) is 0 Å². The summed E-state index contributed by atoms with van der Waals surface area (Å²) in [6.07, 6.45) is 0. The Bertz CT molecular complexity index is 1080. The summed E-state index contributed by atoms with van der Waals surface area (Å²) in [6.45, 7) is 1.75. The van der Waals surface area contributed by atoms with Crippen LogP contribution in [0.4, 0.5) is 0 Å².